The number of nitrogens with two attached hydrogens (primary N) is 1. The molecule has 2 aromatic rings. The summed E-state index contributed by atoms with van der Waals surface area (Å²) in [6.07, 6.45) is 0. The molecule has 0 amide bonds. The standard InChI is InChI=1S/C9H8N2O2S.ClH/c10-14(12,13)9-6-5-7-3-1-2-4-8(7)11-9;/h1-6H,(H2,10,12,13);1H. The summed E-state index contributed by atoms with van der Waals surface area (Å²) in [4.78, 5) is 3.93. The molecule has 0 aliphatic heterocycles. The monoisotopic (exact) mass is 244 g/mol. The lowest BCUT2D eigenvalue weighted by Crippen LogP contribution is -2.13. The first-order chi connectivity index (χ1) is 6.57. The number of pyridine rings is 1. The van der Waals surface area contributed by atoms with Gasteiger partial charge >= 0.3 is 0 Å². The van der Waals surface area contributed by atoms with Crippen LogP contribution in [0.2, 0.25) is 0 Å². The zero-order chi connectivity index (χ0) is 10.2. The van der Waals surface area contributed by atoms with E-state index < -0.39 is 10.0 Å². The van der Waals surface area contributed by atoms with Crippen LogP contribution in [0, 0.1) is 0 Å². The average Bonchev–Trinajstić information content (AvgIpc) is 2.16. The molecule has 0 bridgehead atoms. The number of para-hydroxylation sites is 1. The second-order valence-corrected chi connectivity index (χ2v) is 4.40. The van der Waals surface area contributed by atoms with Gasteiger partial charge in [0.2, 0.25) is 0 Å². The van der Waals surface area contributed by atoms with Gasteiger partial charge in [-0.3, -0.25) is 0 Å². The second kappa shape index (κ2) is 4.14. The molecule has 15 heavy (non-hydrogen) atoms. The van der Waals surface area contributed by atoms with Crippen molar-refractivity contribution in [3.8, 4) is 0 Å². The SMILES string of the molecule is Cl.NS(=O)(=O)c1ccc2ccccc2n1. The van der Waals surface area contributed by atoms with Crippen LogP contribution >= 0.6 is 12.4 Å². The van der Waals surface area contributed by atoms with E-state index in [9.17, 15) is 8.42 Å². The summed E-state index contributed by atoms with van der Waals surface area (Å²) in [5, 5.41) is 5.75. The van der Waals surface area contributed by atoms with Crippen LogP contribution in [-0.4, -0.2) is 13.4 Å². The van der Waals surface area contributed by atoms with Gasteiger partial charge in [-0.1, -0.05) is 18.2 Å². The highest BCUT2D eigenvalue weighted by atomic mass is 35.5. The summed E-state index contributed by atoms with van der Waals surface area (Å²) in [7, 11) is -3.71. The number of benzene rings is 1. The van der Waals surface area contributed by atoms with Gasteiger partial charge in [0, 0.05) is 5.39 Å². The number of aromatic nitrogens is 1. The van der Waals surface area contributed by atoms with Crippen LogP contribution in [0.15, 0.2) is 41.4 Å². The normalized spacial score (nSPS) is 11.0. The van der Waals surface area contributed by atoms with E-state index in [1.165, 1.54) is 6.07 Å². The molecular weight excluding hydrogens is 236 g/mol. The first-order valence-electron chi connectivity index (χ1n) is 3.96. The van der Waals surface area contributed by atoms with E-state index in [0.717, 1.165) is 5.39 Å². The molecule has 0 atom stereocenters. The molecule has 4 nitrogen and oxygen atoms in total. The highest BCUT2D eigenvalue weighted by Crippen LogP contribution is 2.13. The van der Waals surface area contributed by atoms with Crippen molar-refractivity contribution in [3.05, 3.63) is 36.4 Å². The Morgan fingerprint density at radius 1 is 1.07 bits per heavy atom. The number of primary sulfonamides is 1. The third kappa shape index (κ3) is 2.44. The van der Waals surface area contributed by atoms with Gasteiger partial charge in [0.15, 0.2) is 5.03 Å². The molecule has 0 radical (unpaired) electrons. The molecule has 2 rings (SSSR count). The van der Waals surface area contributed by atoms with Crippen molar-refractivity contribution in [2.24, 2.45) is 5.14 Å². The Morgan fingerprint density at radius 2 is 1.73 bits per heavy atom. The Morgan fingerprint density at radius 3 is 2.40 bits per heavy atom. The van der Waals surface area contributed by atoms with Gasteiger partial charge in [0.25, 0.3) is 10.0 Å². The molecule has 0 saturated carbocycles. The highest BCUT2D eigenvalue weighted by Gasteiger charge is 2.09. The Bertz CT molecular complexity index is 583. The second-order valence-electron chi connectivity index (χ2n) is 2.89. The molecule has 6 heteroatoms. The first-order valence-corrected chi connectivity index (χ1v) is 5.50. The molecule has 0 unspecified atom stereocenters. The summed E-state index contributed by atoms with van der Waals surface area (Å²) in [5.74, 6) is 0. The Labute approximate surface area is 93.6 Å². The van der Waals surface area contributed by atoms with E-state index in [2.05, 4.69) is 4.98 Å². The molecular formula is C9H9ClN2O2S. The maximum atomic E-state index is 11.0. The summed E-state index contributed by atoms with van der Waals surface area (Å²) >= 11 is 0. The third-order valence-electron chi connectivity index (χ3n) is 1.86. The smallest absolute Gasteiger partial charge is 0.235 e. The summed E-state index contributed by atoms with van der Waals surface area (Å²) < 4.78 is 22.0. The van der Waals surface area contributed by atoms with E-state index in [-0.39, 0.29) is 17.4 Å². The fourth-order valence-corrected chi connectivity index (χ4v) is 1.69. The fraction of sp³-hybridized carbons (Fsp3) is 0. The van der Waals surface area contributed by atoms with Crippen LogP contribution in [-0.2, 0) is 10.0 Å². The molecule has 1 aromatic carbocycles. The first kappa shape index (κ1) is 11.9. The number of rotatable bonds is 1. The number of nitrogens with zero attached hydrogens (tertiary/aromatic N) is 1. The van der Waals surface area contributed by atoms with Crippen LogP contribution in [0.3, 0.4) is 0 Å². The summed E-state index contributed by atoms with van der Waals surface area (Å²) in [6.45, 7) is 0. The van der Waals surface area contributed by atoms with E-state index in [0.29, 0.717) is 5.52 Å². The van der Waals surface area contributed by atoms with E-state index in [1.807, 2.05) is 12.1 Å². The van der Waals surface area contributed by atoms with Crippen molar-refractivity contribution in [1.29, 1.82) is 0 Å². The summed E-state index contributed by atoms with van der Waals surface area (Å²) in [6, 6.07) is 10.3. The van der Waals surface area contributed by atoms with Gasteiger partial charge in [-0.25, -0.2) is 18.5 Å². The predicted molar refractivity (Wildman–Crippen MR) is 60.4 cm³/mol. The third-order valence-corrected chi connectivity index (χ3v) is 2.67. The fourth-order valence-electron chi connectivity index (χ4n) is 1.21. The van der Waals surface area contributed by atoms with Crippen molar-refractivity contribution in [3.63, 3.8) is 0 Å². The number of hydrogen-bond donors (Lipinski definition) is 1. The highest BCUT2D eigenvalue weighted by molar-refractivity contribution is 7.89. The van der Waals surface area contributed by atoms with Crippen molar-refractivity contribution >= 4 is 33.3 Å². The minimum atomic E-state index is -3.71. The zero-order valence-corrected chi connectivity index (χ0v) is 9.25. The van der Waals surface area contributed by atoms with Gasteiger partial charge in [0.1, 0.15) is 0 Å². The molecule has 2 N–H and O–H groups in total. The predicted octanol–water partition coefficient (Wildman–Crippen LogP) is 1.30. The molecule has 0 aliphatic carbocycles. The molecule has 1 aromatic heterocycles. The van der Waals surface area contributed by atoms with Gasteiger partial charge in [-0.15, -0.1) is 12.4 Å². The Hall–Kier alpha value is -1.17. The molecule has 1 heterocycles. The van der Waals surface area contributed by atoms with Gasteiger partial charge in [0.05, 0.1) is 5.52 Å². The van der Waals surface area contributed by atoms with Crippen LogP contribution in [0.5, 0.6) is 0 Å². The topological polar surface area (TPSA) is 73.1 Å². The lowest BCUT2D eigenvalue weighted by atomic mass is 10.2. The van der Waals surface area contributed by atoms with Gasteiger partial charge in [-0.2, -0.15) is 0 Å². The van der Waals surface area contributed by atoms with Crippen molar-refractivity contribution in [1.82, 2.24) is 4.98 Å². The van der Waals surface area contributed by atoms with E-state index in [1.54, 1.807) is 18.2 Å². The molecule has 0 saturated heterocycles. The van der Waals surface area contributed by atoms with Crippen LogP contribution in [0.4, 0.5) is 0 Å². The van der Waals surface area contributed by atoms with E-state index in [4.69, 9.17) is 5.14 Å². The number of fused-ring (bicyclic) bond motifs is 1. The van der Waals surface area contributed by atoms with Gasteiger partial charge in [-0.05, 0) is 18.2 Å². The lowest BCUT2D eigenvalue weighted by molar-refractivity contribution is 0.594. The Kier molecular flexibility index (Phi) is 3.28. The number of hydrogen-bond acceptors (Lipinski definition) is 3. The number of halogens is 1. The van der Waals surface area contributed by atoms with Crippen molar-refractivity contribution < 1.29 is 8.42 Å². The minimum absolute atomic E-state index is 0. The maximum absolute atomic E-state index is 11.0. The Balaban J connectivity index is 0.00000112. The van der Waals surface area contributed by atoms with Gasteiger partial charge < -0.3 is 0 Å². The molecule has 0 aliphatic rings. The van der Waals surface area contributed by atoms with Crippen LogP contribution in [0.1, 0.15) is 0 Å². The average molecular weight is 245 g/mol. The van der Waals surface area contributed by atoms with E-state index >= 15 is 0 Å². The molecule has 80 valence electrons. The zero-order valence-electron chi connectivity index (χ0n) is 7.62. The maximum Gasteiger partial charge on any atom is 0.255 e. The van der Waals surface area contributed by atoms with Crippen molar-refractivity contribution in [2.75, 3.05) is 0 Å². The lowest BCUT2D eigenvalue weighted by Gasteiger charge is -1.99. The minimum Gasteiger partial charge on any atom is -0.235 e. The quantitative estimate of drug-likeness (QED) is 0.822. The number of sulfonamides is 1. The van der Waals surface area contributed by atoms with Crippen LogP contribution < -0.4 is 5.14 Å². The van der Waals surface area contributed by atoms with Crippen LogP contribution in [0.25, 0.3) is 10.9 Å². The molecule has 0 spiro atoms. The molecule has 0 fully saturated rings. The largest absolute Gasteiger partial charge is 0.255 e. The summed E-state index contributed by atoms with van der Waals surface area (Å²) in [5.41, 5.74) is 0.624. The van der Waals surface area contributed by atoms with Crippen molar-refractivity contribution in [2.45, 2.75) is 5.03 Å².